The van der Waals surface area contributed by atoms with Crippen molar-refractivity contribution in [2.75, 3.05) is 12.0 Å². The van der Waals surface area contributed by atoms with E-state index in [9.17, 15) is 16.8 Å². The van der Waals surface area contributed by atoms with Gasteiger partial charge in [0.05, 0.1) is 15.5 Å². The molecule has 1 aromatic carbocycles. The summed E-state index contributed by atoms with van der Waals surface area (Å²) in [4.78, 5) is 0.190. The maximum atomic E-state index is 11.3. The average molecular weight is 247 g/mol. The topological polar surface area (TPSA) is 68.3 Å². The van der Waals surface area contributed by atoms with Crippen LogP contribution in [0, 0.1) is 6.92 Å². The maximum absolute atomic E-state index is 11.3. The van der Waals surface area contributed by atoms with Crippen LogP contribution in [0.1, 0.15) is 0 Å². The monoisotopic (exact) mass is 247 g/mol. The number of hydrogen-bond acceptors (Lipinski definition) is 4. The van der Waals surface area contributed by atoms with Crippen LogP contribution in [-0.2, 0) is 19.7 Å². The fraction of sp³-hybridized carbons (Fsp3) is 0.222. The van der Waals surface area contributed by atoms with E-state index in [2.05, 4.69) is 6.92 Å². The zero-order chi connectivity index (χ0) is 11.7. The van der Waals surface area contributed by atoms with Gasteiger partial charge in [0.15, 0.2) is 19.7 Å². The number of hydrogen-bond donors (Lipinski definition) is 0. The lowest BCUT2D eigenvalue weighted by atomic mass is 10.4. The number of rotatable bonds is 3. The molecule has 1 aromatic rings. The third kappa shape index (κ3) is 2.79. The van der Waals surface area contributed by atoms with Gasteiger partial charge in [-0.3, -0.25) is 0 Å². The van der Waals surface area contributed by atoms with Crippen LogP contribution < -0.4 is 0 Å². The Balaban J connectivity index is 3.24. The van der Waals surface area contributed by atoms with E-state index in [1.807, 2.05) is 0 Å². The number of sulfone groups is 2. The Morgan fingerprint density at radius 2 is 1.40 bits per heavy atom. The van der Waals surface area contributed by atoms with E-state index in [1.165, 1.54) is 24.3 Å². The highest BCUT2D eigenvalue weighted by atomic mass is 32.2. The fourth-order valence-electron chi connectivity index (χ4n) is 1.01. The summed E-state index contributed by atoms with van der Waals surface area (Å²) < 4.78 is 44.9. The lowest BCUT2D eigenvalue weighted by Gasteiger charge is -2.02. The minimum Gasteiger partial charge on any atom is -0.224 e. The largest absolute Gasteiger partial charge is 0.224 e. The molecule has 0 spiro atoms. The molecular weight excluding hydrogens is 236 g/mol. The molecule has 0 unspecified atom stereocenters. The highest BCUT2D eigenvalue weighted by molar-refractivity contribution is 7.91. The first-order chi connectivity index (χ1) is 6.77. The van der Waals surface area contributed by atoms with Crippen molar-refractivity contribution in [3.8, 4) is 0 Å². The molecule has 0 N–H and O–H groups in total. The van der Waals surface area contributed by atoms with Gasteiger partial charge >= 0.3 is 0 Å². The van der Waals surface area contributed by atoms with Gasteiger partial charge in [-0.25, -0.2) is 16.8 Å². The second-order valence-corrected chi connectivity index (χ2v) is 7.19. The molecule has 0 bridgehead atoms. The summed E-state index contributed by atoms with van der Waals surface area (Å²) in [6.07, 6.45) is 1.07. The van der Waals surface area contributed by atoms with Crippen LogP contribution in [0.4, 0.5) is 0 Å². The Morgan fingerprint density at radius 1 is 1.00 bits per heavy atom. The quantitative estimate of drug-likeness (QED) is 0.788. The average Bonchev–Trinajstić information content (AvgIpc) is 2.17. The fourth-order valence-corrected chi connectivity index (χ4v) is 2.43. The van der Waals surface area contributed by atoms with Crippen molar-refractivity contribution in [3.63, 3.8) is 0 Å². The third-order valence-electron chi connectivity index (χ3n) is 1.88. The summed E-state index contributed by atoms with van der Waals surface area (Å²) in [5.74, 6) is -0.245. The molecular formula is C9H11O4S2. The summed E-state index contributed by atoms with van der Waals surface area (Å²) >= 11 is 0. The molecule has 0 aromatic heterocycles. The van der Waals surface area contributed by atoms with E-state index in [0.29, 0.717) is 0 Å². The van der Waals surface area contributed by atoms with Gasteiger partial charge in [0.2, 0.25) is 0 Å². The van der Waals surface area contributed by atoms with E-state index in [1.54, 1.807) is 0 Å². The molecule has 6 heteroatoms. The normalized spacial score (nSPS) is 12.7. The van der Waals surface area contributed by atoms with Crippen LogP contribution >= 0.6 is 0 Å². The minimum absolute atomic E-state index is 0.0879. The predicted octanol–water partition coefficient (Wildman–Crippen LogP) is 0.698. The summed E-state index contributed by atoms with van der Waals surface area (Å²) in [6.45, 7) is 3.30. The van der Waals surface area contributed by atoms with Gasteiger partial charge in [-0.15, -0.1) is 0 Å². The molecule has 4 nitrogen and oxygen atoms in total. The summed E-state index contributed by atoms with van der Waals surface area (Å²) in [5, 5.41) is 0. The maximum Gasteiger partial charge on any atom is 0.178 e. The smallest absolute Gasteiger partial charge is 0.178 e. The van der Waals surface area contributed by atoms with Crippen molar-refractivity contribution in [2.24, 2.45) is 0 Å². The third-order valence-corrected chi connectivity index (χ3v) is 4.54. The molecule has 15 heavy (non-hydrogen) atoms. The first-order valence-corrected chi connectivity index (χ1v) is 7.64. The molecule has 0 fully saturated rings. The minimum atomic E-state index is -3.37. The predicted molar refractivity (Wildman–Crippen MR) is 57.0 cm³/mol. The van der Waals surface area contributed by atoms with E-state index in [-0.39, 0.29) is 15.5 Å². The molecule has 0 aliphatic heterocycles. The SMILES string of the molecule is [CH2]CS(=O)(=O)c1ccc(S(C)(=O)=O)cc1. The van der Waals surface area contributed by atoms with Crippen molar-refractivity contribution in [1.29, 1.82) is 0 Å². The van der Waals surface area contributed by atoms with Gasteiger partial charge in [-0.2, -0.15) is 0 Å². The molecule has 0 amide bonds. The lowest BCUT2D eigenvalue weighted by molar-refractivity contribution is 0.596. The molecule has 83 valence electrons. The molecule has 0 heterocycles. The first-order valence-electron chi connectivity index (χ1n) is 4.09. The second kappa shape index (κ2) is 3.94. The molecule has 0 saturated carbocycles. The van der Waals surface area contributed by atoms with Crippen LogP contribution in [0.3, 0.4) is 0 Å². The molecule has 0 saturated heterocycles. The lowest BCUT2D eigenvalue weighted by Crippen LogP contribution is -2.04. The van der Waals surface area contributed by atoms with E-state index in [0.717, 1.165) is 6.26 Å². The van der Waals surface area contributed by atoms with Gasteiger partial charge in [-0.1, -0.05) is 0 Å². The molecule has 0 aliphatic rings. The zero-order valence-corrected chi connectivity index (χ0v) is 9.81. The Hall–Kier alpha value is -0.880. The summed E-state index contributed by atoms with van der Waals surface area (Å²) in [7, 11) is -6.65. The summed E-state index contributed by atoms with van der Waals surface area (Å²) in [6, 6.07) is 5.10. The highest BCUT2D eigenvalue weighted by Crippen LogP contribution is 2.15. The van der Waals surface area contributed by atoms with Crippen LogP contribution in [-0.4, -0.2) is 28.8 Å². The van der Waals surface area contributed by atoms with Gasteiger partial charge in [0.1, 0.15) is 0 Å². The molecule has 1 rings (SSSR count). The Kier molecular flexibility index (Phi) is 3.20. The first kappa shape index (κ1) is 12.2. The Morgan fingerprint density at radius 3 is 1.73 bits per heavy atom. The van der Waals surface area contributed by atoms with Gasteiger partial charge in [-0.05, 0) is 31.2 Å². The van der Waals surface area contributed by atoms with Gasteiger partial charge < -0.3 is 0 Å². The van der Waals surface area contributed by atoms with E-state index < -0.39 is 19.7 Å². The Bertz CT molecular complexity index is 538. The van der Waals surface area contributed by atoms with Crippen LogP contribution in [0.2, 0.25) is 0 Å². The van der Waals surface area contributed by atoms with Crippen molar-refractivity contribution < 1.29 is 16.8 Å². The van der Waals surface area contributed by atoms with Crippen molar-refractivity contribution >= 4 is 19.7 Å². The van der Waals surface area contributed by atoms with Crippen molar-refractivity contribution in [3.05, 3.63) is 31.2 Å². The van der Waals surface area contributed by atoms with Gasteiger partial charge in [0, 0.05) is 6.26 Å². The van der Waals surface area contributed by atoms with Crippen molar-refractivity contribution in [1.82, 2.24) is 0 Å². The summed E-state index contributed by atoms with van der Waals surface area (Å²) in [5.41, 5.74) is 0. The van der Waals surface area contributed by atoms with Gasteiger partial charge in [0.25, 0.3) is 0 Å². The van der Waals surface area contributed by atoms with Crippen LogP contribution in [0.5, 0.6) is 0 Å². The van der Waals surface area contributed by atoms with Crippen molar-refractivity contribution in [2.45, 2.75) is 9.79 Å². The number of benzene rings is 1. The molecule has 0 aliphatic carbocycles. The highest BCUT2D eigenvalue weighted by Gasteiger charge is 2.13. The van der Waals surface area contributed by atoms with Crippen LogP contribution in [0.25, 0.3) is 0 Å². The Labute approximate surface area is 89.8 Å². The van der Waals surface area contributed by atoms with E-state index in [4.69, 9.17) is 0 Å². The standard InChI is InChI=1S/C9H11O4S2/c1-3-15(12,13)9-6-4-8(5-7-9)14(2,10)11/h4-7H,1,3H2,2H3. The van der Waals surface area contributed by atoms with E-state index >= 15 is 0 Å². The molecule has 1 radical (unpaired) electrons. The molecule has 0 atom stereocenters. The second-order valence-electron chi connectivity index (χ2n) is 3.06. The zero-order valence-electron chi connectivity index (χ0n) is 8.17. The van der Waals surface area contributed by atoms with Crippen LogP contribution in [0.15, 0.2) is 34.1 Å².